The highest BCUT2D eigenvalue weighted by Crippen LogP contribution is 2.34. The summed E-state index contributed by atoms with van der Waals surface area (Å²) in [6.07, 6.45) is -4.61. The number of carbonyl (C=O) groups is 3. The summed E-state index contributed by atoms with van der Waals surface area (Å²) in [5.74, 6) is -1.39. The molecule has 0 saturated heterocycles. The predicted octanol–water partition coefficient (Wildman–Crippen LogP) is 4.17. The van der Waals surface area contributed by atoms with Gasteiger partial charge in [-0.2, -0.15) is 13.2 Å². The Morgan fingerprint density at radius 3 is 2.34 bits per heavy atom. The third-order valence-electron chi connectivity index (χ3n) is 4.34. The predicted molar refractivity (Wildman–Crippen MR) is 119 cm³/mol. The molecule has 0 aromatic heterocycles. The molecule has 3 amide bonds. The van der Waals surface area contributed by atoms with Gasteiger partial charge in [-0.1, -0.05) is 24.3 Å². The van der Waals surface area contributed by atoms with Crippen LogP contribution in [0.1, 0.15) is 18.1 Å². The number of nitrogens with zero attached hydrogens (tertiary/aromatic N) is 1. The van der Waals surface area contributed by atoms with Gasteiger partial charge in [0.1, 0.15) is 0 Å². The highest BCUT2D eigenvalue weighted by atomic mass is 32.2. The van der Waals surface area contributed by atoms with Gasteiger partial charge in [0, 0.05) is 12.2 Å². The van der Waals surface area contributed by atoms with E-state index in [4.69, 9.17) is 0 Å². The lowest BCUT2D eigenvalue weighted by atomic mass is 10.1. The van der Waals surface area contributed by atoms with Crippen LogP contribution in [-0.2, 0) is 20.6 Å². The number of thioether (sulfide) groups is 1. The third kappa shape index (κ3) is 7.92. The minimum atomic E-state index is -4.61. The number of rotatable bonds is 9. The van der Waals surface area contributed by atoms with E-state index in [-0.39, 0.29) is 35.6 Å². The molecule has 0 atom stereocenters. The molecule has 0 aliphatic rings. The molecule has 32 heavy (non-hydrogen) atoms. The first-order valence-electron chi connectivity index (χ1n) is 9.78. The van der Waals surface area contributed by atoms with Crippen LogP contribution in [0.3, 0.4) is 0 Å². The van der Waals surface area contributed by atoms with Gasteiger partial charge < -0.3 is 15.5 Å². The molecule has 6 nitrogen and oxygen atoms in total. The number of alkyl halides is 3. The van der Waals surface area contributed by atoms with Crippen molar-refractivity contribution in [1.29, 1.82) is 0 Å². The maximum atomic E-state index is 13.1. The number of aryl methyl sites for hydroxylation is 1. The van der Waals surface area contributed by atoms with Crippen LogP contribution in [0.5, 0.6) is 0 Å². The van der Waals surface area contributed by atoms with Crippen LogP contribution >= 0.6 is 11.8 Å². The molecule has 2 aromatic carbocycles. The smallest absolute Gasteiger partial charge is 0.333 e. The van der Waals surface area contributed by atoms with Gasteiger partial charge in [-0.05, 0) is 43.7 Å². The Labute approximate surface area is 188 Å². The molecule has 0 bridgehead atoms. The lowest BCUT2D eigenvalue weighted by Gasteiger charge is -2.21. The van der Waals surface area contributed by atoms with Crippen molar-refractivity contribution in [2.24, 2.45) is 0 Å². The zero-order valence-electron chi connectivity index (χ0n) is 17.7. The molecular weight excluding hydrogens is 443 g/mol. The molecule has 2 N–H and O–H groups in total. The summed E-state index contributed by atoms with van der Waals surface area (Å²) in [4.78, 5) is 37.9. The number of hydrogen-bond donors (Lipinski definition) is 2. The van der Waals surface area contributed by atoms with Crippen molar-refractivity contribution < 1.29 is 27.6 Å². The number of anilines is 2. The number of hydrogen-bond acceptors (Lipinski definition) is 4. The Hall–Kier alpha value is -3.01. The van der Waals surface area contributed by atoms with E-state index in [1.807, 2.05) is 25.1 Å². The first kappa shape index (κ1) is 25.3. The van der Waals surface area contributed by atoms with E-state index in [2.05, 4.69) is 10.6 Å². The quantitative estimate of drug-likeness (QED) is 0.580. The van der Waals surface area contributed by atoms with Crippen LogP contribution in [0.25, 0.3) is 0 Å². The Morgan fingerprint density at radius 2 is 1.69 bits per heavy atom. The molecule has 0 heterocycles. The minimum Gasteiger partial charge on any atom is -0.333 e. The highest BCUT2D eigenvalue weighted by Gasteiger charge is 2.33. The Balaban J connectivity index is 1.84. The van der Waals surface area contributed by atoms with E-state index < -0.39 is 24.2 Å². The lowest BCUT2D eigenvalue weighted by Crippen LogP contribution is -2.39. The largest absolute Gasteiger partial charge is 0.418 e. The van der Waals surface area contributed by atoms with Crippen LogP contribution in [0.2, 0.25) is 0 Å². The van der Waals surface area contributed by atoms with Crippen molar-refractivity contribution >= 4 is 40.9 Å². The molecule has 2 aromatic rings. The number of amides is 3. The van der Waals surface area contributed by atoms with E-state index in [0.717, 1.165) is 29.5 Å². The number of carbonyl (C=O) groups excluding carboxylic acids is 3. The summed E-state index contributed by atoms with van der Waals surface area (Å²) in [5, 5.41) is 4.96. The Kier molecular flexibility index (Phi) is 9.13. The molecule has 0 radical (unpaired) electrons. The standard InChI is InChI=1S/C22H24F3N3O3S/c1-3-28(12-19(29)27-18-10-5-4-9-17(18)22(23,24)25)21(31)14-32-13-20(30)26-16-8-6-7-15(2)11-16/h4-11H,3,12-14H2,1-2H3,(H,26,30)(H,27,29). The third-order valence-corrected chi connectivity index (χ3v) is 5.25. The van der Waals surface area contributed by atoms with Gasteiger partial charge in [-0.25, -0.2) is 0 Å². The monoisotopic (exact) mass is 467 g/mol. The van der Waals surface area contributed by atoms with Gasteiger partial charge in [-0.15, -0.1) is 11.8 Å². The average molecular weight is 468 g/mol. The van der Waals surface area contributed by atoms with Crippen molar-refractivity contribution in [2.75, 3.05) is 35.2 Å². The van der Waals surface area contributed by atoms with Gasteiger partial charge in [0.05, 0.1) is 29.3 Å². The lowest BCUT2D eigenvalue weighted by molar-refractivity contribution is -0.137. The maximum Gasteiger partial charge on any atom is 0.418 e. The van der Waals surface area contributed by atoms with Crippen LogP contribution in [0, 0.1) is 6.92 Å². The van der Waals surface area contributed by atoms with Crippen molar-refractivity contribution in [3.63, 3.8) is 0 Å². The van der Waals surface area contributed by atoms with E-state index in [0.29, 0.717) is 5.69 Å². The van der Waals surface area contributed by atoms with Gasteiger partial charge in [0.15, 0.2) is 0 Å². The fraction of sp³-hybridized carbons (Fsp3) is 0.318. The molecule has 10 heteroatoms. The van der Waals surface area contributed by atoms with Crippen LogP contribution < -0.4 is 10.6 Å². The maximum absolute atomic E-state index is 13.1. The van der Waals surface area contributed by atoms with E-state index >= 15 is 0 Å². The second-order valence-corrected chi connectivity index (χ2v) is 7.90. The fourth-order valence-electron chi connectivity index (χ4n) is 2.82. The fourth-order valence-corrected chi connectivity index (χ4v) is 3.54. The number of benzene rings is 2. The van der Waals surface area contributed by atoms with Gasteiger partial charge in [0.2, 0.25) is 17.7 Å². The van der Waals surface area contributed by atoms with E-state index in [9.17, 15) is 27.6 Å². The summed E-state index contributed by atoms with van der Waals surface area (Å²) in [5.41, 5.74) is 0.335. The molecule has 0 unspecified atom stereocenters. The van der Waals surface area contributed by atoms with Crippen LogP contribution in [-0.4, -0.2) is 47.2 Å². The van der Waals surface area contributed by atoms with E-state index in [1.54, 1.807) is 13.0 Å². The average Bonchev–Trinajstić information content (AvgIpc) is 2.71. The first-order valence-corrected chi connectivity index (χ1v) is 10.9. The summed E-state index contributed by atoms with van der Waals surface area (Å²) in [6, 6.07) is 11.9. The van der Waals surface area contributed by atoms with Crippen molar-refractivity contribution in [3.05, 3.63) is 59.7 Å². The number of nitrogens with one attached hydrogen (secondary N) is 2. The van der Waals surface area contributed by atoms with Crippen LogP contribution in [0.4, 0.5) is 24.5 Å². The molecule has 0 spiro atoms. The second-order valence-electron chi connectivity index (χ2n) is 6.91. The highest BCUT2D eigenvalue weighted by molar-refractivity contribution is 8.00. The molecule has 172 valence electrons. The molecular formula is C22H24F3N3O3S. The minimum absolute atomic E-state index is 0.0402. The second kappa shape index (κ2) is 11.6. The summed E-state index contributed by atoms with van der Waals surface area (Å²) in [6.45, 7) is 3.37. The SMILES string of the molecule is CCN(CC(=O)Nc1ccccc1C(F)(F)F)C(=O)CSCC(=O)Nc1cccc(C)c1. The molecule has 0 aliphatic carbocycles. The van der Waals surface area contributed by atoms with Crippen LogP contribution in [0.15, 0.2) is 48.5 Å². The molecule has 0 saturated carbocycles. The number of halogens is 3. The summed E-state index contributed by atoms with van der Waals surface area (Å²) in [7, 11) is 0. The number of para-hydroxylation sites is 1. The molecule has 0 fully saturated rings. The Morgan fingerprint density at radius 1 is 0.969 bits per heavy atom. The molecule has 0 aliphatic heterocycles. The molecule has 2 rings (SSSR count). The first-order chi connectivity index (χ1) is 15.1. The van der Waals surface area contributed by atoms with Crippen molar-refractivity contribution in [1.82, 2.24) is 4.90 Å². The van der Waals surface area contributed by atoms with Gasteiger partial charge in [0.25, 0.3) is 0 Å². The Bertz CT molecular complexity index is 967. The van der Waals surface area contributed by atoms with Gasteiger partial charge >= 0.3 is 6.18 Å². The topological polar surface area (TPSA) is 78.5 Å². The summed E-state index contributed by atoms with van der Waals surface area (Å²) >= 11 is 1.09. The van der Waals surface area contributed by atoms with Crippen molar-refractivity contribution in [2.45, 2.75) is 20.0 Å². The van der Waals surface area contributed by atoms with Crippen molar-refractivity contribution in [3.8, 4) is 0 Å². The zero-order valence-corrected chi connectivity index (χ0v) is 18.5. The number of likely N-dealkylation sites (N-methyl/N-ethyl adjacent to an activating group) is 1. The van der Waals surface area contributed by atoms with Gasteiger partial charge in [-0.3, -0.25) is 14.4 Å². The zero-order chi connectivity index (χ0) is 23.7. The van der Waals surface area contributed by atoms with E-state index in [1.165, 1.54) is 17.0 Å². The summed E-state index contributed by atoms with van der Waals surface area (Å²) < 4.78 is 39.2. The normalized spacial score (nSPS) is 11.0.